The van der Waals surface area contributed by atoms with E-state index in [-0.39, 0.29) is 5.75 Å². The number of benzene rings is 1. The average Bonchev–Trinajstić information content (AvgIpc) is 2.15. The summed E-state index contributed by atoms with van der Waals surface area (Å²) in [7, 11) is 0. The maximum Gasteiger partial charge on any atom is 0.573 e. The zero-order valence-electron chi connectivity index (χ0n) is 7.38. The molecule has 0 aliphatic rings. The molecular weight excluding hydrogens is 207 g/mol. The van der Waals surface area contributed by atoms with Crippen LogP contribution in [0.15, 0.2) is 30.5 Å². The fourth-order valence-electron chi connectivity index (χ4n) is 1.20. The zero-order chi connectivity index (χ0) is 10.9. The molecule has 5 heteroatoms. The lowest BCUT2D eigenvalue weighted by Gasteiger charge is -2.08. The van der Waals surface area contributed by atoms with Gasteiger partial charge < -0.3 is 4.74 Å². The molecule has 0 fully saturated rings. The second kappa shape index (κ2) is 3.42. The topological polar surface area (TPSA) is 22.1 Å². The lowest BCUT2D eigenvalue weighted by Crippen LogP contribution is -2.16. The van der Waals surface area contributed by atoms with Gasteiger partial charge in [0.15, 0.2) is 0 Å². The largest absolute Gasteiger partial charge is 0.573 e. The van der Waals surface area contributed by atoms with Crippen LogP contribution < -0.4 is 4.74 Å². The Morgan fingerprint density at radius 3 is 2.80 bits per heavy atom. The third-order valence-electron chi connectivity index (χ3n) is 1.75. The second-order valence-corrected chi connectivity index (χ2v) is 2.84. The number of alkyl halides is 3. The molecule has 0 saturated carbocycles. The highest BCUT2D eigenvalue weighted by Gasteiger charge is 2.31. The number of fused-ring (bicyclic) bond motifs is 1. The monoisotopic (exact) mass is 212 g/mol. The summed E-state index contributed by atoms with van der Waals surface area (Å²) < 4.78 is 39.5. The fraction of sp³-hybridized carbons (Fsp3) is 0.100. The highest BCUT2D eigenvalue weighted by atomic mass is 19.4. The Morgan fingerprint density at radius 1 is 1.27 bits per heavy atom. The van der Waals surface area contributed by atoms with E-state index in [9.17, 15) is 13.2 Å². The van der Waals surface area contributed by atoms with E-state index in [1.807, 2.05) is 0 Å². The molecule has 2 aromatic rings. The van der Waals surface area contributed by atoms with Crippen molar-refractivity contribution in [1.29, 1.82) is 0 Å². The Kier molecular flexibility index (Phi) is 2.22. The molecule has 2 nitrogen and oxygen atoms in total. The van der Waals surface area contributed by atoms with E-state index >= 15 is 0 Å². The first-order valence-corrected chi connectivity index (χ1v) is 4.06. The van der Waals surface area contributed by atoms with Crippen LogP contribution >= 0.6 is 0 Å². The van der Waals surface area contributed by atoms with Crippen LogP contribution in [0.4, 0.5) is 13.2 Å². The van der Waals surface area contributed by atoms with Crippen LogP contribution in [0.5, 0.6) is 5.75 Å². The Labute approximate surface area is 83.3 Å². The third kappa shape index (κ3) is 2.37. The van der Waals surface area contributed by atoms with Gasteiger partial charge >= 0.3 is 6.36 Å². The van der Waals surface area contributed by atoms with Gasteiger partial charge in [0.05, 0.1) is 5.52 Å². The number of nitrogens with zero attached hydrogens (tertiary/aromatic N) is 1. The number of halogens is 3. The Hall–Kier alpha value is -1.78. The van der Waals surface area contributed by atoms with Crippen molar-refractivity contribution in [2.45, 2.75) is 6.36 Å². The first-order chi connectivity index (χ1) is 7.04. The predicted molar refractivity (Wildman–Crippen MR) is 47.3 cm³/mol. The summed E-state index contributed by atoms with van der Waals surface area (Å²) in [5, 5.41) is 0.555. The molecule has 0 unspecified atom stereocenters. The Balaban J connectivity index is 2.39. The van der Waals surface area contributed by atoms with E-state index < -0.39 is 6.36 Å². The molecule has 1 radical (unpaired) electrons. The summed E-state index contributed by atoms with van der Waals surface area (Å²) in [5.74, 6) is -0.253. The number of aromatic nitrogens is 1. The quantitative estimate of drug-likeness (QED) is 0.725. The van der Waals surface area contributed by atoms with Gasteiger partial charge in [0.2, 0.25) is 0 Å². The van der Waals surface area contributed by atoms with Crippen molar-refractivity contribution in [2.24, 2.45) is 0 Å². The second-order valence-electron chi connectivity index (χ2n) is 2.84. The first-order valence-electron chi connectivity index (χ1n) is 4.06. The van der Waals surface area contributed by atoms with Gasteiger partial charge in [-0.15, -0.1) is 13.2 Å². The number of pyridine rings is 1. The molecule has 15 heavy (non-hydrogen) atoms. The summed E-state index contributed by atoms with van der Waals surface area (Å²) in [6.45, 7) is 0. The maximum atomic E-state index is 11.9. The SMILES string of the molecule is FC(F)(F)Oc1ccc2nc[c]cc2c1. The molecule has 0 aliphatic carbocycles. The molecule has 0 spiro atoms. The highest BCUT2D eigenvalue weighted by molar-refractivity contribution is 5.79. The van der Waals surface area contributed by atoms with Crippen LogP contribution in [0.25, 0.3) is 10.9 Å². The maximum absolute atomic E-state index is 11.9. The van der Waals surface area contributed by atoms with Crippen LogP contribution in [-0.2, 0) is 0 Å². The molecule has 1 aromatic carbocycles. The van der Waals surface area contributed by atoms with Crippen LogP contribution in [0, 0.1) is 6.07 Å². The standard InChI is InChI=1S/C10H5F3NO/c11-10(12,13)15-8-3-4-9-7(6-8)2-1-5-14-9/h2-6H. The Morgan fingerprint density at radius 2 is 2.07 bits per heavy atom. The number of hydrogen-bond donors (Lipinski definition) is 0. The number of hydrogen-bond acceptors (Lipinski definition) is 2. The van der Waals surface area contributed by atoms with Crippen LogP contribution in [0.3, 0.4) is 0 Å². The van der Waals surface area contributed by atoms with Crippen molar-refractivity contribution in [3.63, 3.8) is 0 Å². The molecule has 2 rings (SSSR count). The molecule has 77 valence electrons. The van der Waals surface area contributed by atoms with Crippen molar-refractivity contribution in [3.8, 4) is 5.75 Å². The van der Waals surface area contributed by atoms with E-state index in [2.05, 4.69) is 15.8 Å². The van der Waals surface area contributed by atoms with Crippen molar-refractivity contribution in [1.82, 2.24) is 4.98 Å². The van der Waals surface area contributed by atoms with Crippen molar-refractivity contribution >= 4 is 10.9 Å². The first kappa shape index (κ1) is 9.76. The third-order valence-corrected chi connectivity index (χ3v) is 1.75. The molecule has 0 amide bonds. The smallest absolute Gasteiger partial charge is 0.406 e. The van der Waals surface area contributed by atoms with Gasteiger partial charge in [-0.1, -0.05) is 0 Å². The lowest BCUT2D eigenvalue weighted by atomic mass is 10.2. The molecule has 0 saturated heterocycles. The fourth-order valence-corrected chi connectivity index (χ4v) is 1.20. The van der Waals surface area contributed by atoms with Gasteiger partial charge in [0, 0.05) is 17.6 Å². The molecular formula is C10H5F3NO. The average molecular weight is 212 g/mol. The summed E-state index contributed by atoms with van der Waals surface area (Å²) in [4.78, 5) is 3.93. The highest BCUT2D eigenvalue weighted by Crippen LogP contribution is 2.25. The van der Waals surface area contributed by atoms with E-state index in [1.165, 1.54) is 24.4 Å². The van der Waals surface area contributed by atoms with Gasteiger partial charge in [-0.25, -0.2) is 0 Å². The summed E-state index contributed by atoms with van der Waals surface area (Å²) in [5.41, 5.74) is 0.600. The molecule has 0 bridgehead atoms. The van der Waals surface area contributed by atoms with Gasteiger partial charge in [-0.2, -0.15) is 0 Å². The molecule has 1 aromatic heterocycles. The minimum atomic E-state index is -4.67. The van der Waals surface area contributed by atoms with Crippen molar-refractivity contribution in [3.05, 3.63) is 36.5 Å². The van der Waals surface area contributed by atoms with E-state index in [0.717, 1.165) is 0 Å². The van der Waals surface area contributed by atoms with E-state index in [0.29, 0.717) is 10.9 Å². The summed E-state index contributed by atoms with van der Waals surface area (Å²) in [6, 6.07) is 8.18. The van der Waals surface area contributed by atoms with E-state index in [4.69, 9.17) is 0 Å². The minimum Gasteiger partial charge on any atom is -0.406 e. The van der Waals surface area contributed by atoms with Crippen LogP contribution in [0.1, 0.15) is 0 Å². The zero-order valence-corrected chi connectivity index (χ0v) is 7.38. The van der Waals surface area contributed by atoms with Gasteiger partial charge in [-0.05, 0) is 24.3 Å². The predicted octanol–water partition coefficient (Wildman–Crippen LogP) is 2.93. The van der Waals surface area contributed by atoms with Crippen LogP contribution in [-0.4, -0.2) is 11.3 Å². The molecule has 0 atom stereocenters. The van der Waals surface area contributed by atoms with Crippen molar-refractivity contribution < 1.29 is 17.9 Å². The molecule has 1 heterocycles. The normalized spacial score (nSPS) is 11.7. The summed E-state index contributed by atoms with van der Waals surface area (Å²) in [6.07, 6.45) is -3.22. The van der Waals surface area contributed by atoms with Gasteiger partial charge in [0.25, 0.3) is 0 Å². The number of rotatable bonds is 1. The number of ether oxygens (including phenoxy) is 1. The van der Waals surface area contributed by atoms with E-state index in [1.54, 1.807) is 6.07 Å². The van der Waals surface area contributed by atoms with Crippen LogP contribution in [0.2, 0.25) is 0 Å². The Bertz CT molecular complexity index is 481. The summed E-state index contributed by atoms with van der Waals surface area (Å²) >= 11 is 0. The van der Waals surface area contributed by atoms with Gasteiger partial charge in [-0.3, -0.25) is 4.98 Å². The minimum absolute atomic E-state index is 0.253. The molecule has 0 N–H and O–H groups in total. The molecule has 0 aliphatic heterocycles. The van der Waals surface area contributed by atoms with Crippen molar-refractivity contribution in [2.75, 3.05) is 0 Å². The lowest BCUT2D eigenvalue weighted by molar-refractivity contribution is -0.274. The van der Waals surface area contributed by atoms with Gasteiger partial charge in [0.1, 0.15) is 5.75 Å².